The number of nitrogens with two attached hydrogens (primary N) is 1. The zero-order chi connectivity index (χ0) is 14.0. The number of amides is 1. The first-order valence-electron chi connectivity index (χ1n) is 5.97. The third kappa shape index (κ3) is 3.12. The second kappa shape index (κ2) is 5.13. The maximum atomic E-state index is 12.0. The van der Waals surface area contributed by atoms with Gasteiger partial charge in [0.2, 0.25) is 5.91 Å². The highest BCUT2D eigenvalue weighted by atomic mass is 16.2. The zero-order valence-corrected chi connectivity index (χ0v) is 11.4. The van der Waals surface area contributed by atoms with Crippen LogP contribution in [-0.2, 0) is 24.9 Å². The van der Waals surface area contributed by atoms with Crippen molar-refractivity contribution in [1.82, 2.24) is 24.5 Å². The molecule has 2 heterocycles. The predicted octanol–water partition coefficient (Wildman–Crippen LogP) is 0.166. The molecule has 0 saturated heterocycles. The van der Waals surface area contributed by atoms with Crippen LogP contribution >= 0.6 is 0 Å². The van der Waals surface area contributed by atoms with Gasteiger partial charge in [0.1, 0.15) is 12.4 Å². The van der Waals surface area contributed by atoms with Crippen LogP contribution < -0.4 is 5.73 Å². The maximum absolute atomic E-state index is 12.0. The first kappa shape index (κ1) is 13.1. The van der Waals surface area contributed by atoms with E-state index in [9.17, 15) is 4.79 Å². The normalized spacial score (nSPS) is 10.7. The van der Waals surface area contributed by atoms with Gasteiger partial charge in [0, 0.05) is 38.6 Å². The second-order valence-electron chi connectivity index (χ2n) is 4.60. The summed E-state index contributed by atoms with van der Waals surface area (Å²) in [5.41, 5.74) is 7.48. The molecule has 0 radical (unpaired) electrons. The van der Waals surface area contributed by atoms with Crippen molar-refractivity contribution in [3.8, 4) is 0 Å². The molecule has 0 spiro atoms. The lowest BCUT2D eigenvalue weighted by atomic mass is 10.2. The molecule has 0 atom stereocenters. The van der Waals surface area contributed by atoms with Gasteiger partial charge < -0.3 is 10.6 Å². The van der Waals surface area contributed by atoms with Crippen molar-refractivity contribution in [1.29, 1.82) is 0 Å². The van der Waals surface area contributed by atoms with E-state index in [1.165, 1.54) is 4.68 Å². The molecular weight excluding hydrogens is 244 g/mol. The van der Waals surface area contributed by atoms with E-state index in [1.54, 1.807) is 28.9 Å². The molecule has 2 aromatic rings. The minimum Gasteiger partial charge on any atom is -0.382 e. The van der Waals surface area contributed by atoms with Crippen LogP contribution in [0, 0.1) is 6.92 Å². The minimum atomic E-state index is -0.0219. The average molecular weight is 262 g/mol. The lowest BCUT2D eigenvalue weighted by molar-refractivity contribution is -0.131. The molecule has 0 aliphatic carbocycles. The topological polar surface area (TPSA) is 82.0 Å². The quantitative estimate of drug-likeness (QED) is 0.851. The number of nitrogens with zero attached hydrogens (tertiary/aromatic N) is 5. The lowest BCUT2D eigenvalue weighted by Crippen LogP contribution is -2.30. The Bertz CT molecular complexity index is 585. The third-order valence-corrected chi connectivity index (χ3v) is 2.91. The van der Waals surface area contributed by atoms with Crippen LogP contribution in [0.4, 0.5) is 5.82 Å². The SMILES string of the molecule is Cc1nn(C)cc1CN(C)C(=O)Cn1ccc(N)n1. The molecule has 0 fully saturated rings. The Kier molecular flexibility index (Phi) is 3.55. The molecule has 0 aliphatic heterocycles. The molecule has 0 aliphatic rings. The highest BCUT2D eigenvalue weighted by Gasteiger charge is 2.13. The second-order valence-corrected chi connectivity index (χ2v) is 4.60. The van der Waals surface area contributed by atoms with Gasteiger partial charge in [0.15, 0.2) is 0 Å². The van der Waals surface area contributed by atoms with Crippen LogP contribution in [-0.4, -0.2) is 37.4 Å². The van der Waals surface area contributed by atoms with E-state index in [0.717, 1.165) is 11.3 Å². The number of carbonyl (C=O) groups excluding carboxylic acids is 1. The summed E-state index contributed by atoms with van der Waals surface area (Å²) in [7, 11) is 3.63. The van der Waals surface area contributed by atoms with Crippen molar-refractivity contribution >= 4 is 11.7 Å². The number of hydrogen-bond donors (Lipinski definition) is 1. The molecule has 0 aromatic carbocycles. The maximum Gasteiger partial charge on any atom is 0.244 e. The van der Waals surface area contributed by atoms with Gasteiger partial charge in [0.25, 0.3) is 0 Å². The molecule has 102 valence electrons. The Morgan fingerprint density at radius 3 is 2.74 bits per heavy atom. The van der Waals surface area contributed by atoms with Gasteiger partial charge >= 0.3 is 0 Å². The first-order valence-corrected chi connectivity index (χ1v) is 5.97. The van der Waals surface area contributed by atoms with Gasteiger partial charge in [-0.1, -0.05) is 0 Å². The predicted molar refractivity (Wildman–Crippen MR) is 71.1 cm³/mol. The van der Waals surface area contributed by atoms with E-state index in [-0.39, 0.29) is 12.5 Å². The molecule has 2 aromatic heterocycles. The fourth-order valence-corrected chi connectivity index (χ4v) is 1.87. The summed E-state index contributed by atoms with van der Waals surface area (Å²) in [5, 5.41) is 8.25. The van der Waals surface area contributed by atoms with Gasteiger partial charge in [-0.15, -0.1) is 0 Å². The fourth-order valence-electron chi connectivity index (χ4n) is 1.87. The van der Waals surface area contributed by atoms with E-state index >= 15 is 0 Å². The van der Waals surface area contributed by atoms with Crippen LogP contribution in [0.15, 0.2) is 18.5 Å². The summed E-state index contributed by atoms with van der Waals surface area (Å²) < 4.78 is 3.28. The standard InChI is InChI=1S/C12H18N6O/c1-9-10(7-17(3)14-9)6-16(2)12(19)8-18-5-4-11(13)15-18/h4-5,7H,6,8H2,1-3H3,(H2,13,15). The van der Waals surface area contributed by atoms with Crippen molar-refractivity contribution in [3.63, 3.8) is 0 Å². The molecule has 1 amide bonds. The van der Waals surface area contributed by atoms with Crippen molar-refractivity contribution in [3.05, 3.63) is 29.7 Å². The lowest BCUT2D eigenvalue weighted by Gasteiger charge is -2.16. The highest BCUT2D eigenvalue weighted by Crippen LogP contribution is 2.08. The summed E-state index contributed by atoms with van der Waals surface area (Å²) in [5.74, 6) is 0.393. The largest absolute Gasteiger partial charge is 0.382 e. The highest BCUT2D eigenvalue weighted by molar-refractivity contribution is 5.75. The monoisotopic (exact) mass is 262 g/mol. The molecule has 0 unspecified atom stereocenters. The number of aromatic nitrogens is 4. The minimum absolute atomic E-state index is 0.0219. The van der Waals surface area contributed by atoms with E-state index in [0.29, 0.717) is 12.4 Å². The van der Waals surface area contributed by atoms with Crippen LogP contribution in [0.25, 0.3) is 0 Å². The molecule has 0 saturated carbocycles. The first-order chi connectivity index (χ1) is 8.95. The van der Waals surface area contributed by atoms with Crippen molar-refractivity contribution in [2.24, 2.45) is 7.05 Å². The van der Waals surface area contributed by atoms with Gasteiger partial charge in [-0.3, -0.25) is 14.2 Å². The number of anilines is 1. The number of hydrogen-bond acceptors (Lipinski definition) is 4. The van der Waals surface area contributed by atoms with Gasteiger partial charge in [0.05, 0.1) is 5.69 Å². The summed E-state index contributed by atoms with van der Waals surface area (Å²) in [6.45, 7) is 2.66. The van der Waals surface area contributed by atoms with E-state index in [1.807, 2.05) is 20.2 Å². The smallest absolute Gasteiger partial charge is 0.244 e. The Morgan fingerprint density at radius 2 is 2.21 bits per heavy atom. The van der Waals surface area contributed by atoms with E-state index in [4.69, 9.17) is 5.73 Å². The summed E-state index contributed by atoms with van der Waals surface area (Å²) in [6, 6.07) is 1.67. The van der Waals surface area contributed by atoms with E-state index < -0.39 is 0 Å². The molecule has 7 heteroatoms. The molecule has 19 heavy (non-hydrogen) atoms. The van der Waals surface area contributed by atoms with Crippen molar-refractivity contribution in [2.75, 3.05) is 12.8 Å². The Balaban J connectivity index is 1.97. The number of likely N-dealkylation sites (N-methyl/N-ethyl adjacent to an activating group) is 1. The molecule has 2 N–H and O–H groups in total. The number of rotatable bonds is 4. The summed E-state index contributed by atoms with van der Waals surface area (Å²) >= 11 is 0. The van der Waals surface area contributed by atoms with Gasteiger partial charge in [-0.05, 0) is 13.0 Å². The molecule has 7 nitrogen and oxygen atoms in total. The fraction of sp³-hybridized carbons (Fsp3) is 0.417. The number of carbonyl (C=O) groups is 1. The van der Waals surface area contributed by atoms with Crippen LogP contribution in [0.2, 0.25) is 0 Å². The molecule has 0 bridgehead atoms. The van der Waals surface area contributed by atoms with E-state index in [2.05, 4.69) is 10.2 Å². The Hall–Kier alpha value is -2.31. The Labute approximate surface area is 111 Å². The third-order valence-electron chi connectivity index (χ3n) is 2.91. The summed E-state index contributed by atoms with van der Waals surface area (Å²) in [4.78, 5) is 13.7. The number of aryl methyl sites for hydroxylation is 2. The zero-order valence-electron chi connectivity index (χ0n) is 11.4. The molecular formula is C12H18N6O. The average Bonchev–Trinajstić information content (AvgIpc) is 2.85. The molecule has 2 rings (SSSR count). The van der Waals surface area contributed by atoms with Crippen LogP contribution in [0.1, 0.15) is 11.3 Å². The van der Waals surface area contributed by atoms with Gasteiger partial charge in [-0.25, -0.2) is 0 Å². The van der Waals surface area contributed by atoms with Crippen LogP contribution in [0.3, 0.4) is 0 Å². The van der Waals surface area contributed by atoms with Gasteiger partial charge in [-0.2, -0.15) is 10.2 Å². The Morgan fingerprint density at radius 1 is 1.47 bits per heavy atom. The number of nitrogen functional groups attached to an aromatic ring is 1. The summed E-state index contributed by atoms with van der Waals surface area (Å²) in [6.07, 6.45) is 3.61. The van der Waals surface area contributed by atoms with Crippen molar-refractivity contribution < 1.29 is 4.79 Å². The van der Waals surface area contributed by atoms with Crippen molar-refractivity contribution in [2.45, 2.75) is 20.0 Å². The van der Waals surface area contributed by atoms with Crippen LogP contribution in [0.5, 0.6) is 0 Å².